The summed E-state index contributed by atoms with van der Waals surface area (Å²) >= 11 is 0. The average Bonchev–Trinajstić information content (AvgIpc) is 3.50. The van der Waals surface area contributed by atoms with Gasteiger partial charge in [-0.2, -0.15) is 0 Å². The van der Waals surface area contributed by atoms with E-state index in [1.807, 2.05) is 30.9 Å². The largest absolute Gasteiger partial charge is 0.483 e. The first kappa shape index (κ1) is 22.5. The third kappa shape index (κ3) is 5.61. The van der Waals surface area contributed by atoms with E-state index in [-0.39, 0.29) is 36.9 Å². The van der Waals surface area contributed by atoms with Gasteiger partial charge in [0.25, 0.3) is 11.8 Å². The van der Waals surface area contributed by atoms with Crippen LogP contribution in [0.4, 0.5) is 0 Å². The molecule has 0 radical (unpaired) electrons. The maximum absolute atomic E-state index is 12.6. The minimum atomic E-state index is -0.0977. The zero-order valence-electron chi connectivity index (χ0n) is 16.8. The van der Waals surface area contributed by atoms with Crippen LogP contribution in [0.2, 0.25) is 0 Å². The van der Waals surface area contributed by atoms with Gasteiger partial charge >= 0.3 is 0 Å². The van der Waals surface area contributed by atoms with Crippen LogP contribution in [-0.4, -0.2) is 49.0 Å². The van der Waals surface area contributed by atoms with E-state index in [4.69, 9.17) is 10.5 Å². The van der Waals surface area contributed by atoms with Gasteiger partial charge in [0.15, 0.2) is 6.61 Å². The van der Waals surface area contributed by atoms with E-state index in [9.17, 15) is 9.59 Å². The first-order chi connectivity index (χ1) is 13.0. The van der Waals surface area contributed by atoms with Gasteiger partial charge in [-0.15, -0.1) is 12.4 Å². The van der Waals surface area contributed by atoms with Crippen LogP contribution in [0.1, 0.15) is 53.6 Å². The number of amides is 2. The molecule has 1 aliphatic heterocycles. The lowest BCUT2D eigenvalue weighted by Crippen LogP contribution is -2.41. The zero-order valence-corrected chi connectivity index (χ0v) is 17.6. The van der Waals surface area contributed by atoms with Crippen molar-refractivity contribution in [2.45, 2.75) is 52.0 Å². The van der Waals surface area contributed by atoms with Gasteiger partial charge < -0.3 is 20.7 Å². The molecule has 3 N–H and O–H groups in total. The van der Waals surface area contributed by atoms with Crippen molar-refractivity contribution in [3.63, 3.8) is 0 Å². The summed E-state index contributed by atoms with van der Waals surface area (Å²) in [7, 11) is 0. The number of carbonyl (C=O) groups excluding carboxylic acids is 2. The molecule has 2 aliphatic rings. The quantitative estimate of drug-likeness (QED) is 0.724. The number of nitrogens with zero attached hydrogens (tertiary/aromatic N) is 1. The van der Waals surface area contributed by atoms with Crippen molar-refractivity contribution in [3.8, 4) is 5.75 Å². The summed E-state index contributed by atoms with van der Waals surface area (Å²) < 4.78 is 5.82. The maximum atomic E-state index is 12.6. The molecular weight excluding hydrogens is 378 g/mol. The van der Waals surface area contributed by atoms with Gasteiger partial charge in [0.2, 0.25) is 0 Å². The Morgan fingerprint density at radius 3 is 2.32 bits per heavy atom. The monoisotopic (exact) mass is 409 g/mol. The number of hydrogen-bond donors (Lipinski definition) is 2. The fraction of sp³-hybridized carbons (Fsp3) is 0.619. The maximum Gasteiger partial charge on any atom is 0.260 e. The number of ether oxygens (including phenoxy) is 1. The minimum absolute atomic E-state index is 0. The lowest BCUT2D eigenvalue weighted by Gasteiger charge is -2.27. The van der Waals surface area contributed by atoms with Crippen LogP contribution in [0.25, 0.3) is 0 Å². The van der Waals surface area contributed by atoms with Crippen LogP contribution in [0, 0.1) is 19.8 Å². The Labute approximate surface area is 173 Å². The van der Waals surface area contributed by atoms with E-state index < -0.39 is 0 Å². The highest BCUT2D eigenvalue weighted by Gasteiger charge is 2.31. The molecule has 1 aromatic carbocycles. The summed E-state index contributed by atoms with van der Waals surface area (Å²) in [6.45, 7) is 5.97. The Bertz CT molecular complexity index is 677. The van der Waals surface area contributed by atoms with Crippen molar-refractivity contribution in [3.05, 3.63) is 28.8 Å². The molecule has 0 aromatic heterocycles. The standard InChI is InChI=1S/C21H31N3O3.ClH/c1-14-10-17(21(26)23-18(12-22)16-6-7-16)11-15(2)20(14)27-13-19(25)24-8-4-3-5-9-24;/h10-11,16,18H,3-9,12-13,22H2,1-2H3,(H,23,26);1H. The van der Waals surface area contributed by atoms with Gasteiger partial charge in [0.1, 0.15) is 5.75 Å². The molecule has 0 spiro atoms. The number of benzene rings is 1. The van der Waals surface area contributed by atoms with E-state index in [2.05, 4.69) is 5.32 Å². The van der Waals surface area contributed by atoms with E-state index in [1.54, 1.807) is 0 Å². The molecule has 0 bridgehead atoms. The van der Waals surface area contributed by atoms with Crippen LogP contribution < -0.4 is 15.8 Å². The molecule has 1 saturated carbocycles. The number of rotatable bonds is 7. The van der Waals surface area contributed by atoms with Crippen LogP contribution in [0.5, 0.6) is 5.75 Å². The molecule has 1 heterocycles. The van der Waals surface area contributed by atoms with Crippen molar-refractivity contribution in [2.24, 2.45) is 11.7 Å². The zero-order chi connectivity index (χ0) is 19.4. The highest BCUT2D eigenvalue weighted by Crippen LogP contribution is 2.32. The van der Waals surface area contributed by atoms with Crippen LogP contribution in [0.3, 0.4) is 0 Å². The second-order valence-electron chi connectivity index (χ2n) is 7.82. The predicted molar refractivity (Wildman–Crippen MR) is 112 cm³/mol. The summed E-state index contributed by atoms with van der Waals surface area (Å²) in [5.41, 5.74) is 8.12. The summed E-state index contributed by atoms with van der Waals surface area (Å²) in [6, 6.07) is 3.70. The number of piperidine rings is 1. The number of nitrogens with one attached hydrogen (secondary N) is 1. The third-order valence-electron chi connectivity index (χ3n) is 5.53. The van der Waals surface area contributed by atoms with Crippen molar-refractivity contribution < 1.29 is 14.3 Å². The second-order valence-corrected chi connectivity index (χ2v) is 7.82. The van der Waals surface area contributed by atoms with E-state index >= 15 is 0 Å². The molecule has 1 atom stereocenters. The number of nitrogens with two attached hydrogens (primary N) is 1. The Morgan fingerprint density at radius 2 is 1.79 bits per heavy atom. The number of halogens is 1. The van der Waals surface area contributed by atoms with Crippen molar-refractivity contribution in [1.82, 2.24) is 10.2 Å². The number of likely N-dealkylation sites (tertiary alicyclic amines) is 1. The Balaban J connectivity index is 0.00000280. The molecule has 7 heteroatoms. The van der Waals surface area contributed by atoms with Gasteiger partial charge in [0.05, 0.1) is 0 Å². The first-order valence-corrected chi connectivity index (χ1v) is 10.0. The number of hydrogen-bond acceptors (Lipinski definition) is 4. The first-order valence-electron chi connectivity index (χ1n) is 10.0. The van der Waals surface area contributed by atoms with Gasteiger partial charge in [-0.1, -0.05) is 0 Å². The Morgan fingerprint density at radius 1 is 1.18 bits per heavy atom. The van der Waals surface area contributed by atoms with E-state index in [0.717, 1.165) is 49.9 Å². The highest BCUT2D eigenvalue weighted by molar-refractivity contribution is 5.95. The van der Waals surface area contributed by atoms with Crippen LogP contribution in [0.15, 0.2) is 12.1 Å². The predicted octanol–water partition coefficient (Wildman–Crippen LogP) is 2.58. The second kappa shape index (κ2) is 10.1. The fourth-order valence-corrected chi connectivity index (χ4v) is 3.80. The molecule has 1 aromatic rings. The summed E-state index contributed by atoms with van der Waals surface area (Å²) in [4.78, 5) is 26.8. The van der Waals surface area contributed by atoms with E-state index in [1.165, 1.54) is 6.42 Å². The van der Waals surface area contributed by atoms with Crippen molar-refractivity contribution in [1.29, 1.82) is 0 Å². The minimum Gasteiger partial charge on any atom is -0.483 e. The van der Waals surface area contributed by atoms with Gasteiger partial charge in [-0.3, -0.25) is 9.59 Å². The van der Waals surface area contributed by atoms with Crippen molar-refractivity contribution in [2.75, 3.05) is 26.2 Å². The molecule has 28 heavy (non-hydrogen) atoms. The molecule has 2 amide bonds. The van der Waals surface area contributed by atoms with Gasteiger partial charge in [-0.05, 0) is 75.1 Å². The summed E-state index contributed by atoms with van der Waals surface area (Å²) in [6.07, 6.45) is 5.60. The van der Waals surface area contributed by atoms with Crippen LogP contribution >= 0.6 is 12.4 Å². The SMILES string of the molecule is Cc1cc(C(=O)NC(CN)C2CC2)cc(C)c1OCC(=O)N1CCCCC1.Cl. The topological polar surface area (TPSA) is 84.7 Å². The smallest absolute Gasteiger partial charge is 0.260 e. The normalized spacial score (nSPS) is 17.5. The molecule has 2 fully saturated rings. The highest BCUT2D eigenvalue weighted by atomic mass is 35.5. The van der Waals surface area contributed by atoms with Gasteiger partial charge in [-0.25, -0.2) is 0 Å². The fourth-order valence-electron chi connectivity index (χ4n) is 3.80. The Kier molecular flexibility index (Phi) is 8.13. The van der Waals surface area contributed by atoms with E-state index in [0.29, 0.717) is 23.8 Å². The lowest BCUT2D eigenvalue weighted by molar-refractivity contribution is -0.134. The van der Waals surface area contributed by atoms with Gasteiger partial charge in [0, 0.05) is 31.2 Å². The molecule has 1 unspecified atom stereocenters. The molecule has 1 aliphatic carbocycles. The van der Waals surface area contributed by atoms with Crippen molar-refractivity contribution >= 4 is 24.2 Å². The van der Waals surface area contributed by atoms with Crippen LogP contribution in [-0.2, 0) is 4.79 Å². The lowest BCUT2D eigenvalue weighted by atomic mass is 10.0. The summed E-state index contributed by atoms with van der Waals surface area (Å²) in [5, 5.41) is 3.05. The third-order valence-corrected chi connectivity index (χ3v) is 5.53. The number of carbonyl (C=O) groups is 2. The molecular formula is C21H32ClN3O3. The molecule has 3 rings (SSSR count). The summed E-state index contributed by atoms with van der Waals surface area (Å²) in [5.74, 6) is 1.14. The molecule has 156 valence electrons. The molecule has 6 nitrogen and oxygen atoms in total. The molecule has 1 saturated heterocycles. The Hall–Kier alpha value is -1.79. The number of aryl methyl sites for hydroxylation is 2. The average molecular weight is 410 g/mol.